The van der Waals surface area contributed by atoms with E-state index in [0.29, 0.717) is 25.6 Å². The molecule has 0 saturated carbocycles. The Kier molecular flexibility index (Phi) is 5.37. The van der Waals surface area contributed by atoms with Gasteiger partial charge in [-0.2, -0.15) is 0 Å². The van der Waals surface area contributed by atoms with Crippen LogP contribution >= 0.6 is 0 Å². The molecule has 0 atom stereocenters. The molecule has 0 unspecified atom stereocenters. The molecule has 25 heavy (non-hydrogen) atoms. The number of benzene rings is 1. The maximum atomic E-state index is 12.4. The van der Waals surface area contributed by atoms with Crippen molar-refractivity contribution in [2.75, 3.05) is 43.0 Å². The Labute approximate surface area is 147 Å². The molecule has 1 saturated heterocycles. The Hall–Kier alpha value is -2.77. The van der Waals surface area contributed by atoms with E-state index in [9.17, 15) is 4.79 Å². The first-order valence-electron chi connectivity index (χ1n) is 8.63. The van der Waals surface area contributed by atoms with E-state index in [1.54, 1.807) is 15.9 Å². The minimum absolute atomic E-state index is 0.161. The highest BCUT2D eigenvalue weighted by atomic mass is 16.5. The maximum Gasteiger partial charge on any atom is 0.324 e. The number of urea groups is 1. The molecule has 0 bridgehead atoms. The second kappa shape index (κ2) is 7.87. The summed E-state index contributed by atoms with van der Waals surface area (Å²) in [5, 5.41) is 6.93. The van der Waals surface area contributed by atoms with Gasteiger partial charge in [0.2, 0.25) is 5.95 Å². The lowest BCUT2D eigenvalue weighted by atomic mass is 10.2. The number of aromatic nitrogens is 3. The molecule has 1 aromatic carbocycles. The van der Waals surface area contributed by atoms with Crippen molar-refractivity contribution >= 4 is 17.7 Å². The smallest absolute Gasteiger partial charge is 0.324 e. The fraction of sp³-hybridized carbons (Fsp3) is 0.471. The minimum Gasteiger partial charge on any atom is -0.492 e. The topological polar surface area (TPSA) is 75.5 Å². The number of nitrogens with zero attached hydrogens (tertiary/aromatic N) is 5. The van der Waals surface area contributed by atoms with E-state index < -0.39 is 0 Å². The molecule has 0 aliphatic carbocycles. The van der Waals surface area contributed by atoms with Crippen molar-refractivity contribution in [3.63, 3.8) is 0 Å². The molecule has 2 aromatic rings. The quantitative estimate of drug-likeness (QED) is 0.898. The third-order valence-electron chi connectivity index (χ3n) is 4.15. The molecule has 1 fully saturated rings. The standard InChI is InChI=1S/C17H24N6O2/c1-3-23-13-18-16(20-23)19-17(24)22-11-9-21(10-12-22)14-7-5-6-8-15(14)25-4-2/h5-8,13H,3-4,9-12H2,1-2H3,(H,19,20,24). The fourth-order valence-electron chi connectivity index (χ4n) is 2.83. The summed E-state index contributed by atoms with van der Waals surface area (Å²) in [7, 11) is 0. The van der Waals surface area contributed by atoms with Gasteiger partial charge in [-0.1, -0.05) is 12.1 Å². The Morgan fingerprint density at radius 1 is 1.20 bits per heavy atom. The van der Waals surface area contributed by atoms with Crippen molar-refractivity contribution in [2.45, 2.75) is 20.4 Å². The van der Waals surface area contributed by atoms with Gasteiger partial charge in [-0.3, -0.25) is 10.00 Å². The SMILES string of the molecule is CCOc1ccccc1N1CCN(C(=O)Nc2ncn(CC)n2)CC1. The molecule has 1 aliphatic heterocycles. The van der Waals surface area contributed by atoms with Crippen LogP contribution in [-0.4, -0.2) is 58.5 Å². The van der Waals surface area contributed by atoms with Gasteiger partial charge in [-0.25, -0.2) is 9.78 Å². The van der Waals surface area contributed by atoms with Crippen LogP contribution in [0.25, 0.3) is 0 Å². The maximum absolute atomic E-state index is 12.4. The number of carbonyl (C=O) groups is 1. The third-order valence-corrected chi connectivity index (χ3v) is 4.15. The number of nitrogens with one attached hydrogen (secondary N) is 1. The number of aryl methyl sites for hydroxylation is 1. The summed E-state index contributed by atoms with van der Waals surface area (Å²) in [6.07, 6.45) is 1.61. The molecule has 2 amide bonds. The van der Waals surface area contributed by atoms with Crippen LogP contribution in [0.5, 0.6) is 5.75 Å². The highest BCUT2D eigenvalue weighted by Gasteiger charge is 2.23. The van der Waals surface area contributed by atoms with E-state index in [2.05, 4.69) is 26.4 Å². The third kappa shape index (κ3) is 4.01. The molecule has 0 spiro atoms. The molecule has 3 rings (SSSR count). The van der Waals surface area contributed by atoms with Gasteiger partial charge < -0.3 is 14.5 Å². The number of hydrogen-bond donors (Lipinski definition) is 1. The van der Waals surface area contributed by atoms with Gasteiger partial charge in [0.05, 0.1) is 12.3 Å². The van der Waals surface area contributed by atoms with E-state index in [1.165, 1.54) is 0 Å². The second-order valence-electron chi connectivity index (χ2n) is 5.73. The normalized spacial score (nSPS) is 14.5. The van der Waals surface area contributed by atoms with Gasteiger partial charge in [-0.05, 0) is 26.0 Å². The van der Waals surface area contributed by atoms with Crippen LogP contribution in [0.3, 0.4) is 0 Å². The zero-order valence-corrected chi connectivity index (χ0v) is 14.7. The van der Waals surface area contributed by atoms with Crippen molar-refractivity contribution in [1.82, 2.24) is 19.7 Å². The Bertz CT molecular complexity index is 709. The number of amides is 2. The average molecular weight is 344 g/mol. The predicted molar refractivity (Wildman–Crippen MR) is 96.1 cm³/mol. The van der Waals surface area contributed by atoms with E-state index >= 15 is 0 Å². The minimum atomic E-state index is -0.161. The number of anilines is 2. The molecular formula is C17H24N6O2. The summed E-state index contributed by atoms with van der Waals surface area (Å²) in [5.74, 6) is 1.23. The monoisotopic (exact) mass is 344 g/mol. The van der Waals surface area contributed by atoms with Crippen molar-refractivity contribution in [2.24, 2.45) is 0 Å². The van der Waals surface area contributed by atoms with Gasteiger partial charge in [0, 0.05) is 32.7 Å². The summed E-state index contributed by atoms with van der Waals surface area (Å²) >= 11 is 0. The van der Waals surface area contributed by atoms with Crippen LogP contribution in [-0.2, 0) is 6.54 Å². The molecule has 1 N–H and O–H groups in total. The first kappa shape index (κ1) is 17.1. The van der Waals surface area contributed by atoms with Crippen molar-refractivity contribution in [3.05, 3.63) is 30.6 Å². The van der Waals surface area contributed by atoms with Gasteiger partial charge >= 0.3 is 6.03 Å². The molecule has 134 valence electrons. The van der Waals surface area contributed by atoms with E-state index in [0.717, 1.165) is 31.1 Å². The van der Waals surface area contributed by atoms with Gasteiger partial charge in [-0.15, -0.1) is 5.10 Å². The second-order valence-corrected chi connectivity index (χ2v) is 5.73. The first-order chi connectivity index (χ1) is 12.2. The van der Waals surface area contributed by atoms with Crippen molar-refractivity contribution in [3.8, 4) is 5.75 Å². The number of rotatable bonds is 5. The van der Waals surface area contributed by atoms with Crippen molar-refractivity contribution < 1.29 is 9.53 Å². The van der Waals surface area contributed by atoms with Crippen LogP contribution in [0.1, 0.15) is 13.8 Å². The van der Waals surface area contributed by atoms with Crippen LogP contribution in [0.4, 0.5) is 16.4 Å². The lowest BCUT2D eigenvalue weighted by molar-refractivity contribution is 0.208. The Morgan fingerprint density at radius 2 is 1.96 bits per heavy atom. The summed E-state index contributed by atoms with van der Waals surface area (Å²) in [6, 6.07) is 7.86. The Balaban J connectivity index is 1.57. The van der Waals surface area contributed by atoms with E-state index in [4.69, 9.17) is 4.74 Å². The van der Waals surface area contributed by atoms with E-state index in [-0.39, 0.29) is 6.03 Å². The van der Waals surface area contributed by atoms with Gasteiger partial charge in [0.15, 0.2) is 0 Å². The zero-order valence-electron chi connectivity index (χ0n) is 14.7. The number of para-hydroxylation sites is 2. The first-order valence-corrected chi connectivity index (χ1v) is 8.63. The molecule has 0 radical (unpaired) electrons. The summed E-state index contributed by atoms with van der Waals surface area (Å²) in [6.45, 7) is 8.11. The molecule has 8 nitrogen and oxygen atoms in total. The fourth-order valence-corrected chi connectivity index (χ4v) is 2.83. The lowest BCUT2D eigenvalue weighted by Crippen LogP contribution is -2.50. The van der Waals surface area contributed by atoms with Crippen LogP contribution in [0.15, 0.2) is 30.6 Å². The molecule has 2 heterocycles. The number of ether oxygens (including phenoxy) is 1. The number of piperazine rings is 1. The van der Waals surface area contributed by atoms with Crippen molar-refractivity contribution in [1.29, 1.82) is 0 Å². The highest BCUT2D eigenvalue weighted by Crippen LogP contribution is 2.28. The number of hydrogen-bond acceptors (Lipinski definition) is 5. The summed E-state index contributed by atoms with van der Waals surface area (Å²) < 4.78 is 7.38. The van der Waals surface area contributed by atoms with Crippen LogP contribution in [0.2, 0.25) is 0 Å². The Morgan fingerprint density at radius 3 is 2.64 bits per heavy atom. The average Bonchev–Trinajstić information content (AvgIpc) is 3.10. The summed E-state index contributed by atoms with van der Waals surface area (Å²) in [5.41, 5.74) is 1.08. The number of carbonyl (C=O) groups excluding carboxylic acids is 1. The largest absolute Gasteiger partial charge is 0.492 e. The summed E-state index contributed by atoms with van der Waals surface area (Å²) in [4.78, 5) is 20.5. The van der Waals surface area contributed by atoms with Crippen LogP contribution < -0.4 is 15.0 Å². The highest BCUT2D eigenvalue weighted by molar-refractivity contribution is 5.87. The molecule has 1 aromatic heterocycles. The van der Waals surface area contributed by atoms with Gasteiger partial charge in [0.1, 0.15) is 12.1 Å². The van der Waals surface area contributed by atoms with Gasteiger partial charge in [0.25, 0.3) is 0 Å². The van der Waals surface area contributed by atoms with E-state index in [1.807, 2.05) is 32.0 Å². The lowest BCUT2D eigenvalue weighted by Gasteiger charge is -2.36. The molecular weight excluding hydrogens is 320 g/mol. The molecule has 8 heteroatoms. The molecule has 1 aliphatic rings. The zero-order chi connectivity index (χ0) is 17.6. The predicted octanol–water partition coefficient (Wildman–Crippen LogP) is 2.05. The van der Waals surface area contributed by atoms with Crippen LogP contribution in [0, 0.1) is 0 Å².